The fraction of sp³-hybridized carbons (Fsp3) is 0.333. The average Bonchev–Trinajstić information content (AvgIpc) is 2.87. The van der Waals surface area contributed by atoms with Gasteiger partial charge in [-0.3, -0.25) is 4.79 Å². The lowest BCUT2D eigenvalue weighted by Crippen LogP contribution is -2.12. The monoisotopic (exact) mass is 324 g/mol. The quantitative estimate of drug-likeness (QED) is 0.819. The van der Waals surface area contributed by atoms with Gasteiger partial charge in [0.15, 0.2) is 5.16 Å². The number of carboxylic acid groups (broad SMARTS) is 1. The van der Waals surface area contributed by atoms with E-state index in [0.29, 0.717) is 10.2 Å². The fourth-order valence-corrected chi connectivity index (χ4v) is 3.33. The molecule has 0 aliphatic heterocycles. The maximum atomic E-state index is 10.8. The molecule has 0 aliphatic rings. The molecule has 0 fully saturated rings. The maximum absolute atomic E-state index is 10.8. The second-order valence-electron chi connectivity index (χ2n) is 4.64. The van der Waals surface area contributed by atoms with Gasteiger partial charge in [0.25, 0.3) is 0 Å². The Labute approximate surface area is 133 Å². The fourth-order valence-electron chi connectivity index (χ4n) is 2.24. The minimum atomic E-state index is -0.849. The first-order valence-electron chi connectivity index (χ1n) is 6.69. The van der Waals surface area contributed by atoms with Crippen LogP contribution < -0.4 is 0 Å². The molecule has 4 nitrogen and oxygen atoms in total. The molecule has 1 aromatic carbocycles. The van der Waals surface area contributed by atoms with Crippen LogP contribution in [0.15, 0.2) is 35.6 Å². The van der Waals surface area contributed by atoms with E-state index < -0.39 is 5.97 Å². The summed E-state index contributed by atoms with van der Waals surface area (Å²) in [6.07, 6.45) is 2.63. The minimum Gasteiger partial charge on any atom is -0.481 e. The molecule has 0 saturated heterocycles. The number of nitrogens with zero attached hydrogens (tertiary/aromatic N) is 2. The Morgan fingerprint density at radius 3 is 2.81 bits per heavy atom. The van der Waals surface area contributed by atoms with E-state index in [1.807, 2.05) is 31.2 Å². The molecule has 6 heteroatoms. The van der Waals surface area contributed by atoms with Crippen LogP contribution in [-0.4, -0.2) is 26.4 Å². The molecule has 2 aromatic rings. The highest BCUT2D eigenvalue weighted by Gasteiger charge is 2.19. The highest BCUT2D eigenvalue weighted by molar-refractivity contribution is 7.99. The van der Waals surface area contributed by atoms with Crippen LogP contribution in [0.4, 0.5) is 0 Å². The van der Waals surface area contributed by atoms with Crippen LogP contribution in [0.25, 0.3) is 0 Å². The molecule has 1 aromatic heterocycles. The number of carbonyl (C=O) groups is 1. The van der Waals surface area contributed by atoms with Crippen molar-refractivity contribution in [2.75, 3.05) is 5.75 Å². The van der Waals surface area contributed by atoms with Crippen molar-refractivity contribution in [2.24, 2.45) is 0 Å². The van der Waals surface area contributed by atoms with Gasteiger partial charge in [0.05, 0.1) is 11.8 Å². The Kier molecular flexibility index (Phi) is 5.31. The molecule has 1 unspecified atom stereocenters. The Balaban J connectivity index is 2.39. The van der Waals surface area contributed by atoms with Gasteiger partial charge in [-0.15, -0.1) is 0 Å². The second-order valence-corrected chi connectivity index (χ2v) is 5.99. The molecule has 1 heterocycles. The third-order valence-corrected chi connectivity index (χ3v) is 4.56. The number of carboxylic acids is 1. The predicted molar refractivity (Wildman–Crippen MR) is 85.2 cm³/mol. The first-order valence-corrected chi connectivity index (χ1v) is 8.06. The maximum Gasteiger partial charge on any atom is 0.313 e. The van der Waals surface area contributed by atoms with Crippen molar-refractivity contribution in [1.82, 2.24) is 9.55 Å². The molecule has 0 spiro atoms. The van der Waals surface area contributed by atoms with Crippen LogP contribution in [0.3, 0.4) is 0 Å². The number of aromatic nitrogens is 2. The summed E-state index contributed by atoms with van der Waals surface area (Å²) in [5.41, 5.74) is 2.07. The molecule has 0 aliphatic carbocycles. The zero-order chi connectivity index (χ0) is 15.4. The molecular weight excluding hydrogens is 308 g/mol. The molecule has 0 saturated carbocycles. The number of hydrogen-bond donors (Lipinski definition) is 1. The first kappa shape index (κ1) is 15.9. The van der Waals surface area contributed by atoms with Crippen LogP contribution >= 0.6 is 23.4 Å². The third kappa shape index (κ3) is 3.60. The number of aryl methyl sites for hydroxylation is 1. The lowest BCUT2D eigenvalue weighted by molar-refractivity contribution is -0.133. The minimum absolute atomic E-state index is 0.00455. The normalized spacial score (nSPS) is 12.3. The number of halogens is 1. The van der Waals surface area contributed by atoms with E-state index in [2.05, 4.69) is 16.5 Å². The van der Waals surface area contributed by atoms with E-state index in [-0.39, 0.29) is 11.8 Å². The van der Waals surface area contributed by atoms with Crippen LogP contribution in [0.5, 0.6) is 0 Å². The van der Waals surface area contributed by atoms with Crippen molar-refractivity contribution < 1.29 is 9.90 Å². The molecule has 112 valence electrons. The molecule has 0 bridgehead atoms. The van der Waals surface area contributed by atoms with Crippen LogP contribution in [0, 0.1) is 0 Å². The number of aliphatic carboxylic acids is 1. The largest absolute Gasteiger partial charge is 0.481 e. The van der Waals surface area contributed by atoms with Crippen molar-refractivity contribution in [2.45, 2.75) is 31.5 Å². The van der Waals surface area contributed by atoms with Crippen molar-refractivity contribution in [3.05, 3.63) is 46.7 Å². The van der Waals surface area contributed by atoms with Gasteiger partial charge in [-0.2, -0.15) is 0 Å². The highest BCUT2D eigenvalue weighted by atomic mass is 35.5. The van der Waals surface area contributed by atoms with Gasteiger partial charge in [-0.25, -0.2) is 4.98 Å². The summed E-state index contributed by atoms with van der Waals surface area (Å²) in [6.45, 7) is 4.10. The van der Waals surface area contributed by atoms with E-state index in [1.165, 1.54) is 11.8 Å². The predicted octanol–water partition coefficient (Wildman–Crippen LogP) is 3.88. The summed E-state index contributed by atoms with van der Waals surface area (Å²) < 4.78 is 2.06. The molecule has 0 radical (unpaired) electrons. The zero-order valence-corrected chi connectivity index (χ0v) is 13.5. The van der Waals surface area contributed by atoms with E-state index in [1.54, 1.807) is 6.20 Å². The van der Waals surface area contributed by atoms with Gasteiger partial charge in [-0.1, -0.05) is 48.5 Å². The standard InChI is InChI=1S/C15H17ClN2O2S/c1-3-11-8-17-15(21-9-14(19)20)18(11)10(2)12-6-4-5-7-13(12)16/h4-8,10H,3,9H2,1-2H3,(H,19,20). The Hall–Kier alpha value is -1.46. The smallest absolute Gasteiger partial charge is 0.313 e. The zero-order valence-electron chi connectivity index (χ0n) is 11.9. The molecule has 21 heavy (non-hydrogen) atoms. The summed E-state index contributed by atoms with van der Waals surface area (Å²) in [5.74, 6) is -0.854. The summed E-state index contributed by atoms with van der Waals surface area (Å²) in [5, 5.41) is 10.3. The van der Waals surface area contributed by atoms with Crippen LogP contribution in [0.1, 0.15) is 31.1 Å². The highest BCUT2D eigenvalue weighted by Crippen LogP contribution is 2.31. The number of benzene rings is 1. The summed E-state index contributed by atoms with van der Waals surface area (Å²) in [4.78, 5) is 15.1. The summed E-state index contributed by atoms with van der Waals surface area (Å²) >= 11 is 7.51. The molecule has 2 rings (SSSR count). The average molecular weight is 325 g/mol. The number of imidazole rings is 1. The lowest BCUT2D eigenvalue weighted by Gasteiger charge is -2.20. The van der Waals surface area contributed by atoms with Gasteiger partial charge in [0, 0.05) is 16.9 Å². The van der Waals surface area contributed by atoms with E-state index in [4.69, 9.17) is 16.7 Å². The SMILES string of the molecule is CCc1cnc(SCC(=O)O)n1C(C)c1ccccc1Cl. The van der Waals surface area contributed by atoms with Crippen LogP contribution in [-0.2, 0) is 11.2 Å². The van der Waals surface area contributed by atoms with Crippen molar-refractivity contribution >= 4 is 29.3 Å². The van der Waals surface area contributed by atoms with Gasteiger partial charge >= 0.3 is 5.97 Å². The summed E-state index contributed by atoms with van der Waals surface area (Å²) in [7, 11) is 0. The second kappa shape index (κ2) is 7.00. The van der Waals surface area contributed by atoms with Gasteiger partial charge in [-0.05, 0) is 25.0 Å². The topological polar surface area (TPSA) is 55.1 Å². The van der Waals surface area contributed by atoms with Gasteiger partial charge in [0.1, 0.15) is 0 Å². The van der Waals surface area contributed by atoms with Crippen molar-refractivity contribution in [1.29, 1.82) is 0 Å². The molecular formula is C15H17ClN2O2S. The van der Waals surface area contributed by atoms with Gasteiger partial charge < -0.3 is 9.67 Å². The Morgan fingerprint density at radius 2 is 2.19 bits per heavy atom. The molecule has 1 N–H and O–H groups in total. The van der Waals surface area contributed by atoms with Crippen molar-refractivity contribution in [3.8, 4) is 0 Å². The van der Waals surface area contributed by atoms with Gasteiger partial charge in [0.2, 0.25) is 0 Å². The van der Waals surface area contributed by atoms with Crippen molar-refractivity contribution in [3.63, 3.8) is 0 Å². The third-order valence-electron chi connectivity index (χ3n) is 3.27. The molecule has 1 atom stereocenters. The number of thioether (sulfide) groups is 1. The molecule has 0 amide bonds. The van der Waals surface area contributed by atoms with E-state index in [9.17, 15) is 4.79 Å². The Morgan fingerprint density at radius 1 is 1.48 bits per heavy atom. The number of rotatable bonds is 6. The van der Waals surface area contributed by atoms with E-state index in [0.717, 1.165) is 17.7 Å². The number of hydrogen-bond acceptors (Lipinski definition) is 3. The van der Waals surface area contributed by atoms with E-state index >= 15 is 0 Å². The van der Waals surface area contributed by atoms with Crippen LogP contribution in [0.2, 0.25) is 5.02 Å². The lowest BCUT2D eigenvalue weighted by atomic mass is 10.1. The summed E-state index contributed by atoms with van der Waals surface area (Å²) in [6, 6.07) is 7.70. The first-order chi connectivity index (χ1) is 10.0. The Bertz CT molecular complexity index is 642.